The summed E-state index contributed by atoms with van der Waals surface area (Å²) in [5.74, 6) is 0. The van der Waals surface area contributed by atoms with Gasteiger partial charge in [0.25, 0.3) is 0 Å². The zero-order valence-corrected chi connectivity index (χ0v) is 6.66. The van der Waals surface area contributed by atoms with E-state index in [9.17, 15) is 0 Å². The van der Waals surface area contributed by atoms with Gasteiger partial charge in [-0.15, -0.1) is 0 Å². The predicted octanol–water partition coefficient (Wildman–Crippen LogP) is 0.387. The first-order chi connectivity index (χ1) is 1.73. The van der Waals surface area contributed by atoms with Gasteiger partial charge in [0.05, 0.1) is 0 Å². The number of hydrogen-bond donors (Lipinski definition) is 1. The quantitative estimate of drug-likeness (QED) is 0.599. The third-order valence-electron chi connectivity index (χ3n) is 0. The Kier molecular flexibility index (Phi) is 10.2. The Balaban J connectivity index is 0. The Hall–Kier alpha value is 1.34. The molecule has 0 saturated carbocycles. The SMILES string of the molecule is CC(C)O.[Ce+3]. The van der Waals surface area contributed by atoms with E-state index in [1.54, 1.807) is 13.8 Å². The summed E-state index contributed by atoms with van der Waals surface area (Å²) in [6.07, 6.45) is -0.167. The Labute approximate surface area is 66.1 Å². The van der Waals surface area contributed by atoms with Crippen LogP contribution in [0.2, 0.25) is 0 Å². The van der Waals surface area contributed by atoms with Gasteiger partial charge in [0, 0.05) is 6.10 Å². The molecule has 0 aliphatic carbocycles. The van der Waals surface area contributed by atoms with Gasteiger partial charge < -0.3 is 5.11 Å². The summed E-state index contributed by atoms with van der Waals surface area (Å²) in [5.41, 5.74) is 0. The van der Waals surface area contributed by atoms with Gasteiger partial charge in [-0.25, -0.2) is 0 Å². The van der Waals surface area contributed by atoms with Crippen LogP contribution in [0.1, 0.15) is 13.8 Å². The topological polar surface area (TPSA) is 20.2 Å². The fraction of sp³-hybridized carbons (Fsp3) is 1.00. The molecule has 0 amide bonds. The molecule has 1 nitrogen and oxygen atoms in total. The summed E-state index contributed by atoms with van der Waals surface area (Å²) in [7, 11) is 0. The van der Waals surface area contributed by atoms with Gasteiger partial charge in [-0.1, -0.05) is 0 Å². The Morgan fingerprint density at radius 3 is 1.40 bits per heavy atom. The largest absolute Gasteiger partial charge is 3.00 e. The second kappa shape index (κ2) is 5.34. The van der Waals surface area contributed by atoms with Crippen molar-refractivity contribution in [3.63, 3.8) is 0 Å². The summed E-state index contributed by atoms with van der Waals surface area (Å²) in [5, 5.41) is 8.06. The summed E-state index contributed by atoms with van der Waals surface area (Å²) in [4.78, 5) is 0. The molecule has 5 heavy (non-hydrogen) atoms. The van der Waals surface area contributed by atoms with Crippen LogP contribution in [0, 0.1) is 41.7 Å². The van der Waals surface area contributed by atoms with Gasteiger partial charge in [0.1, 0.15) is 0 Å². The molecule has 0 aromatic rings. The fourth-order valence-electron chi connectivity index (χ4n) is 0. The third kappa shape index (κ3) is 33.3. The summed E-state index contributed by atoms with van der Waals surface area (Å²) in [6, 6.07) is 0. The second-order valence-corrected chi connectivity index (χ2v) is 1.09. The second-order valence-electron chi connectivity index (χ2n) is 1.09. The maximum absolute atomic E-state index is 8.06. The molecular weight excluding hydrogens is 192 g/mol. The van der Waals surface area contributed by atoms with Crippen molar-refractivity contribution in [1.29, 1.82) is 0 Å². The van der Waals surface area contributed by atoms with E-state index in [2.05, 4.69) is 0 Å². The molecule has 0 bridgehead atoms. The molecular formula is C3H8CeO+3. The molecule has 0 spiro atoms. The van der Waals surface area contributed by atoms with Crippen molar-refractivity contribution in [2.75, 3.05) is 0 Å². The predicted molar refractivity (Wildman–Crippen MR) is 17.4 cm³/mol. The Morgan fingerprint density at radius 1 is 1.40 bits per heavy atom. The minimum absolute atomic E-state index is 0. The van der Waals surface area contributed by atoms with Crippen molar-refractivity contribution in [1.82, 2.24) is 0 Å². The first-order valence-electron chi connectivity index (χ1n) is 1.41. The zero-order chi connectivity index (χ0) is 3.58. The first-order valence-corrected chi connectivity index (χ1v) is 1.41. The van der Waals surface area contributed by atoms with Crippen LogP contribution >= 0.6 is 0 Å². The molecule has 0 rings (SSSR count). The van der Waals surface area contributed by atoms with Gasteiger partial charge in [-0.2, -0.15) is 0 Å². The number of rotatable bonds is 0. The van der Waals surface area contributed by atoms with E-state index in [1.807, 2.05) is 0 Å². The molecule has 2 heteroatoms. The van der Waals surface area contributed by atoms with Crippen LogP contribution in [0.5, 0.6) is 0 Å². The van der Waals surface area contributed by atoms with Crippen molar-refractivity contribution < 1.29 is 46.9 Å². The molecule has 0 aromatic heterocycles. The molecule has 27 valence electrons. The number of aliphatic hydroxyl groups excluding tert-OH is 1. The van der Waals surface area contributed by atoms with E-state index in [0.29, 0.717) is 0 Å². The van der Waals surface area contributed by atoms with E-state index >= 15 is 0 Å². The zero-order valence-electron chi connectivity index (χ0n) is 3.52. The van der Waals surface area contributed by atoms with Crippen LogP contribution < -0.4 is 0 Å². The maximum Gasteiger partial charge on any atom is 3.00 e. The summed E-state index contributed by atoms with van der Waals surface area (Å²) >= 11 is 0. The fourth-order valence-corrected chi connectivity index (χ4v) is 0. The normalized spacial score (nSPS) is 7.20. The van der Waals surface area contributed by atoms with E-state index in [4.69, 9.17) is 5.11 Å². The molecule has 0 unspecified atom stereocenters. The van der Waals surface area contributed by atoms with Crippen LogP contribution in [0.15, 0.2) is 0 Å². The standard InChI is InChI=1S/C3H8O.Ce/c1-3(2)4;/h3-4H,1-2H3;/q;+3. The van der Waals surface area contributed by atoms with Crippen LogP contribution in [-0.4, -0.2) is 11.2 Å². The van der Waals surface area contributed by atoms with E-state index in [-0.39, 0.29) is 47.9 Å². The van der Waals surface area contributed by atoms with Crippen molar-refractivity contribution in [2.45, 2.75) is 20.0 Å². The van der Waals surface area contributed by atoms with Crippen molar-refractivity contribution in [2.24, 2.45) is 0 Å². The van der Waals surface area contributed by atoms with Crippen molar-refractivity contribution >= 4 is 0 Å². The Morgan fingerprint density at radius 2 is 1.40 bits per heavy atom. The Bertz CT molecular complexity index is 11.6. The van der Waals surface area contributed by atoms with Gasteiger partial charge in [0.15, 0.2) is 0 Å². The molecule has 1 radical (unpaired) electrons. The average molecular weight is 200 g/mol. The minimum atomic E-state index is -0.167. The van der Waals surface area contributed by atoms with Gasteiger partial charge in [-0.05, 0) is 13.8 Å². The van der Waals surface area contributed by atoms with Crippen molar-refractivity contribution in [3.8, 4) is 0 Å². The van der Waals surface area contributed by atoms with Gasteiger partial charge >= 0.3 is 41.7 Å². The molecule has 1 N–H and O–H groups in total. The van der Waals surface area contributed by atoms with Crippen molar-refractivity contribution in [3.05, 3.63) is 0 Å². The molecule has 0 heterocycles. The average Bonchev–Trinajstić information content (AvgIpc) is 0.811. The van der Waals surface area contributed by atoms with Crippen LogP contribution in [0.4, 0.5) is 0 Å². The number of hydrogen-bond acceptors (Lipinski definition) is 1. The van der Waals surface area contributed by atoms with E-state index in [0.717, 1.165) is 0 Å². The molecule has 0 saturated heterocycles. The van der Waals surface area contributed by atoms with E-state index in [1.165, 1.54) is 0 Å². The van der Waals surface area contributed by atoms with Crippen LogP contribution in [0.3, 0.4) is 0 Å². The minimum Gasteiger partial charge on any atom is -0.394 e. The van der Waals surface area contributed by atoms with Gasteiger partial charge in [0.2, 0.25) is 0 Å². The smallest absolute Gasteiger partial charge is 0.394 e. The molecule has 0 atom stereocenters. The number of aliphatic hydroxyl groups is 1. The third-order valence-corrected chi connectivity index (χ3v) is 0. The molecule has 0 fully saturated rings. The summed E-state index contributed by atoms with van der Waals surface area (Å²) in [6.45, 7) is 3.44. The van der Waals surface area contributed by atoms with Crippen LogP contribution in [-0.2, 0) is 0 Å². The first kappa shape index (κ1) is 9.60. The molecule has 0 aromatic carbocycles. The monoisotopic (exact) mass is 200 g/mol. The van der Waals surface area contributed by atoms with Crippen LogP contribution in [0.25, 0.3) is 0 Å². The maximum atomic E-state index is 8.06. The summed E-state index contributed by atoms with van der Waals surface area (Å²) < 4.78 is 0. The molecule has 0 aliphatic rings. The van der Waals surface area contributed by atoms with Gasteiger partial charge in [-0.3, -0.25) is 0 Å². The molecule has 0 aliphatic heterocycles. The van der Waals surface area contributed by atoms with E-state index < -0.39 is 0 Å².